The minimum absolute atomic E-state index is 0.0124. The molecule has 0 radical (unpaired) electrons. The Kier molecular flexibility index (Phi) is 6.91. The number of anilines is 2. The van der Waals surface area contributed by atoms with Crippen LogP contribution in [0.3, 0.4) is 0 Å². The molecule has 8 nitrogen and oxygen atoms in total. The first-order valence-corrected chi connectivity index (χ1v) is 10.7. The summed E-state index contributed by atoms with van der Waals surface area (Å²) in [5.41, 5.74) is 1.01. The van der Waals surface area contributed by atoms with E-state index in [0.717, 1.165) is 30.3 Å². The van der Waals surface area contributed by atoms with E-state index in [1.54, 1.807) is 31.6 Å². The number of methoxy groups -OCH3 is 3. The Balaban J connectivity index is 1.64. The average Bonchev–Trinajstić information content (AvgIpc) is 3.28. The Morgan fingerprint density at radius 1 is 0.889 bits per heavy atom. The topological polar surface area (TPSA) is 86.6 Å². The molecule has 11 heteroatoms. The van der Waals surface area contributed by atoms with Crippen molar-refractivity contribution in [3.63, 3.8) is 0 Å². The van der Waals surface area contributed by atoms with Crippen molar-refractivity contribution in [1.82, 2.24) is 9.55 Å². The molecule has 0 saturated carbocycles. The van der Waals surface area contributed by atoms with E-state index in [4.69, 9.17) is 14.2 Å². The third-order valence-electron chi connectivity index (χ3n) is 5.53. The maximum absolute atomic E-state index is 13.5. The van der Waals surface area contributed by atoms with Crippen LogP contribution < -0.4 is 24.8 Å². The normalized spacial score (nSPS) is 11.3. The largest absolute Gasteiger partial charge is 0.496 e. The molecule has 36 heavy (non-hydrogen) atoms. The molecular formula is C25H23F3N4O4. The van der Waals surface area contributed by atoms with Crippen molar-refractivity contribution in [2.24, 2.45) is 0 Å². The maximum atomic E-state index is 13.5. The molecule has 2 aromatic carbocycles. The summed E-state index contributed by atoms with van der Waals surface area (Å²) in [4.78, 5) is 16.9. The molecule has 0 unspecified atom stereocenters. The second-order valence-electron chi connectivity index (χ2n) is 7.71. The monoisotopic (exact) mass is 500 g/mol. The van der Waals surface area contributed by atoms with Crippen LogP contribution in [0.5, 0.6) is 17.2 Å². The van der Waals surface area contributed by atoms with E-state index >= 15 is 0 Å². The van der Waals surface area contributed by atoms with Gasteiger partial charge in [-0.25, -0.2) is 4.79 Å². The molecule has 0 atom stereocenters. The van der Waals surface area contributed by atoms with Gasteiger partial charge < -0.3 is 29.4 Å². The SMILES string of the molecule is COc1cc(OC)c(C(F)(F)F)cc1NC(=O)Nc1ccc(OC)c2c1ccn2Cc1ccncc1. The number of alkyl halides is 3. The molecule has 188 valence electrons. The highest BCUT2D eigenvalue weighted by molar-refractivity contribution is 6.07. The highest BCUT2D eigenvalue weighted by Gasteiger charge is 2.35. The standard InChI is InChI=1S/C25H23F3N4O4/c1-34-20-5-4-18(16-8-11-32(23(16)20)14-15-6-9-29-10-7-15)30-24(33)31-19-12-17(25(26,27)28)21(35-2)13-22(19)36-3/h4-13H,14H2,1-3H3,(H2,30,31,33). The number of ether oxygens (including phenoxy) is 3. The summed E-state index contributed by atoms with van der Waals surface area (Å²) >= 11 is 0. The minimum Gasteiger partial charge on any atom is -0.496 e. The second-order valence-corrected chi connectivity index (χ2v) is 7.71. The molecule has 0 fully saturated rings. The predicted molar refractivity (Wildman–Crippen MR) is 129 cm³/mol. The fourth-order valence-corrected chi connectivity index (χ4v) is 3.88. The minimum atomic E-state index is -4.69. The predicted octanol–water partition coefficient (Wildman–Crippen LogP) is 5.77. The Bertz CT molecular complexity index is 1390. The number of nitrogens with one attached hydrogen (secondary N) is 2. The molecule has 0 saturated heterocycles. The lowest BCUT2D eigenvalue weighted by Gasteiger charge is -2.17. The van der Waals surface area contributed by atoms with Crippen LogP contribution in [0, 0.1) is 0 Å². The highest BCUT2D eigenvalue weighted by atomic mass is 19.4. The van der Waals surface area contributed by atoms with Crippen LogP contribution in [0.2, 0.25) is 0 Å². The van der Waals surface area contributed by atoms with E-state index in [1.165, 1.54) is 7.11 Å². The van der Waals surface area contributed by atoms with Gasteiger partial charge in [0.15, 0.2) is 0 Å². The number of halogens is 3. The Hall–Kier alpha value is -4.41. The average molecular weight is 500 g/mol. The van der Waals surface area contributed by atoms with Crippen LogP contribution in [0.25, 0.3) is 10.9 Å². The molecule has 0 aliphatic rings. The van der Waals surface area contributed by atoms with Gasteiger partial charge >= 0.3 is 12.2 Å². The summed E-state index contributed by atoms with van der Waals surface area (Å²) in [7, 11) is 3.95. The van der Waals surface area contributed by atoms with Gasteiger partial charge in [0.05, 0.1) is 43.8 Å². The molecule has 0 aliphatic heterocycles. The Morgan fingerprint density at radius 3 is 2.19 bits per heavy atom. The maximum Gasteiger partial charge on any atom is 0.420 e. The van der Waals surface area contributed by atoms with Crippen molar-refractivity contribution in [3.8, 4) is 17.2 Å². The van der Waals surface area contributed by atoms with Gasteiger partial charge in [0.2, 0.25) is 0 Å². The molecule has 0 bridgehead atoms. The molecule has 4 rings (SSSR count). The summed E-state index contributed by atoms with van der Waals surface area (Å²) < 4.78 is 57.9. The van der Waals surface area contributed by atoms with Crippen LogP contribution in [-0.2, 0) is 12.7 Å². The van der Waals surface area contributed by atoms with Gasteiger partial charge in [-0.3, -0.25) is 4.98 Å². The van der Waals surface area contributed by atoms with Crippen molar-refractivity contribution in [1.29, 1.82) is 0 Å². The third-order valence-corrected chi connectivity index (χ3v) is 5.53. The third kappa shape index (κ3) is 4.99. The van der Waals surface area contributed by atoms with Crippen molar-refractivity contribution in [3.05, 3.63) is 72.2 Å². The van der Waals surface area contributed by atoms with E-state index in [1.807, 2.05) is 29.0 Å². The number of aromatic nitrogens is 2. The molecule has 2 N–H and O–H groups in total. The zero-order valence-electron chi connectivity index (χ0n) is 19.6. The summed E-state index contributed by atoms with van der Waals surface area (Å²) in [6.07, 6.45) is 0.573. The van der Waals surface area contributed by atoms with E-state index in [-0.39, 0.29) is 11.4 Å². The molecule has 2 heterocycles. The number of hydrogen-bond acceptors (Lipinski definition) is 5. The number of carbonyl (C=O) groups excluding carboxylic acids is 1. The van der Waals surface area contributed by atoms with Crippen molar-refractivity contribution in [2.45, 2.75) is 12.7 Å². The number of amides is 2. The van der Waals surface area contributed by atoms with Crippen LogP contribution in [0.15, 0.2) is 61.1 Å². The number of rotatable bonds is 7. The van der Waals surface area contributed by atoms with Gasteiger partial charge in [-0.15, -0.1) is 0 Å². The van der Waals surface area contributed by atoms with Gasteiger partial charge in [0.25, 0.3) is 0 Å². The first kappa shape index (κ1) is 24.7. The van der Waals surface area contributed by atoms with E-state index in [2.05, 4.69) is 15.6 Å². The highest BCUT2D eigenvalue weighted by Crippen LogP contribution is 2.42. The zero-order valence-corrected chi connectivity index (χ0v) is 19.6. The summed E-state index contributed by atoms with van der Waals surface area (Å²) in [6, 6.07) is 10.1. The number of pyridine rings is 1. The van der Waals surface area contributed by atoms with E-state index in [0.29, 0.717) is 23.4 Å². The van der Waals surface area contributed by atoms with Gasteiger partial charge in [0.1, 0.15) is 17.2 Å². The number of carbonyl (C=O) groups is 1. The summed E-state index contributed by atoms with van der Waals surface area (Å²) in [5, 5.41) is 5.83. The van der Waals surface area contributed by atoms with Gasteiger partial charge in [0, 0.05) is 36.6 Å². The molecular weight excluding hydrogens is 477 g/mol. The molecule has 0 spiro atoms. The van der Waals surface area contributed by atoms with Gasteiger partial charge in [-0.1, -0.05) is 0 Å². The number of hydrogen-bond donors (Lipinski definition) is 2. The summed E-state index contributed by atoms with van der Waals surface area (Å²) in [5.74, 6) is 0.192. The van der Waals surface area contributed by atoms with Crippen molar-refractivity contribution in [2.75, 3.05) is 32.0 Å². The second kappa shape index (κ2) is 10.1. The fraction of sp³-hybridized carbons (Fsp3) is 0.200. The number of benzene rings is 2. The smallest absolute Gasteiger partial charge is 0.420 e. The molecule has 4 aromatic rings. The number of urea groups is 1. The number of nitrogens with zero attached hydrogens (tertiary/aromatic N) is 2. The number of fused-ring (bicyclic) bond motifs is 1. The lowest BCUT2D eigenvalue weighted by molar-refractivity contribution is -0.138. The zero-order chi connectivity index (χ0) is 25.9. The molecule has 0 aliphatic carbocycles. The lowest BCUT2D eigenvalue weighted by atomic mass is 10.1. The Morgan fingerprint density at radius 2 is 1.56 bits per heavy atom. The first-order chi connectivity index (χ1) is 17.2. The summed E-state index contributed by atoms with van der Waals surface area (Å²) in [6.45, 7) is 0.543. The van der Waals surface area contributed by atoms with Gasteiger partial charge in [-0.2, -0.15) is 13.2 Å². The van der Waals surface area contributed by atoms with Crippen molar-refractivity contribution < 1.29 is 32.2 Å². The van der Waals surface area contributed by atoms with Crippen LogP contribution in [0.4, 0.5) is 29.3 Å². The first-order valence-electron chi connectivity index (χ1n) is 10.7. The molecule has 2 amide bonds. The van der Waals surface area contributed by atoms with Gasteiger partial charge in [-0.05, 0) is 42.0 Å². The van der Waals surface area contributed by atoms with Crippen LogP contribution >= 0.6 is 0 Å². The fourth-order valence-electron chi connectivity index (χ4n) is 3.88. The Labute approximate surface area is 204 Å². The van der Waals surface area contributed by atoms with E-state index in [9.17, 15) is 18.0 Å². The van der Waals surface area contributed by atoms with Crippen molar-refractivity contribution >= 4 is 28.3 Å². The van der Waals surface area contributed by atoms with Crippen LogP contribution in [0.1, 0.15) is 11.1 Å². The molecule has 2 aromatic heterocycles. The van der Waals surface area contributed by atoms with E-state index < -0.39 is 23.5 Å². The quantitative estimate of drug-likeness (QED) is 0.336. The lowest BCUT2D eigenvalue weighted by Crippen LogP contribution is -2.20. The van der Waals surface area contributed by atoms with Crippen LogP contribution in [-0.4, -0.2) is 36.9 Å².